The highest BCUT2D eigenvalue weighted by Gasteiger charge is 2.28. The molecule has 0 saturated heterocycles. The molecule has 0 aromatic heterocycles. The first-order chi connectivity index (χ1) is 11.1. The first-order valence-electron chi connectivity index (χ1n) is 7.94. The monoisotopic (exact) mass is 301 g/mol. The fourth-order valence-electron chi connectivity index (χ4n) is 3.09. The molecule has 0 fully saturated rings. The maximum atomic E-state index is 5.92. The molecular formula is C21H19NO. The van der Waals surface area contributed by atoms with Crippen LogP contribution in [0.3, 0.4) is 0 Å². The zero-order chi connectivity index (χ0) is 15.9. The average molecular weight is 301 g/mol. The van der Waals surface area contributed by atoms with Crippen LogP contribution >= 0.6 is 0 Å². The second-order valence-corrected chi connectivity index (χ2v) is 6.59. The molecule has 0 N–H and O–H groups in total. The fourth-order valence-corrected chi connectivity index (χ4v) is 3.09. The Hall–Kier alpha value is -2.61. The molecule has 0 spiro atoms. The lowest BCUT2D eigenvalue weighted by molar-refractivity contribution is 0.279. The third kappa shape index (κ3) is 2.50. The Labute approximate surface area is 136 Å². The van der Waals surface area contributed by atoms with E-state index in [1.807, 2.05) is 6.07 Å². The van der Waals surface area contributed by atoms with E-state index in [4.69, 9.17) is 9.73 Å². The number of hydrogen-bond donors (Lipinski definition) is 0. The van der Waals surface area contributed by atoms with Crippen molar-refractivity contribution < 1.29 is 4.74 Å². The van der Waals surface area contributed by atoms with Gasteiger partial charge in [0.1, 0.15) is 6.61 Å². The number of benzene rings is 3. The maximum absolute atomic E-state index is 5.92. The number of hydrogen-bond acceptors (Lipinski definition) is 2. The van der Waals surface area contributed by atoms with Crippen molar-refractivity contribution in [3.05, 3.63) is 72.3 Å². The van der Waals surface area contributed by atoms with E-state index in [2.05, 4.69) is 74.5 Å². The lowest BCUT2D eigenvalue weighted by atomic mass is 9.93. The summed E-state index contributed by atoms with van der Waals surface area (Å²) in [6, 6.07) is 23.2. The molecule has 1 aliphatic heterocycles. The molecule has 0 atom stereocenters. The maximum Gasteiger partial charge on any atom is 0.217 e. The van der Waals surface area contributed by atoms with Gasteiger partial charge in [-0.1, -0.05) is 60.7 Å². The van der Waals surface area contributed by atoms with Gasteiger partial charge in [-0.3, -0.25) is 0 Å². The summed E-state index contributed by atoms with van der Waals surface area (Å²) in [7, 11) is 0. The third-order valence-corrected chi connectivity index (χ3v) is 4.19. The summed E-state index contributed by atoms with van der Waals surface area (Å²) in [5.41, 5.74) is 3.30. The van der Waals surface area contributed by atoms with Crippen LogP contribution in [0.2, 0.25) is 0 Å². The summed E-state index contributed by atoms with van der Waals surface area (Å²) in [5, 5.41) is 2.46. The Morgan fingerprint density at radius 1 is 0.870 bits per heavy atom. The smallest absolute Gasteiger partial charge is 0.217 e. The molecule has 3 aromatic carbocycles. The van der Waals surface area contributed by atoms with Crippen molar-refractivity contribution in [3.63, 3.8) is 0 Å². The van der Waals surface area contributed by atoms with Crippen LogP contribution in [-0.2, 0) is 4.74 Å². The number of rotatable bonds is 2. The SMILES string of the molecule is CC1(C)COC(c2ccc3ccccc3c2-c2ccccc2)=N1. The number of ether oxygens (including phenoxy) is 1. The average Bonchev–Trinajstić information content (AvgIpc) is 2.94. The minimum atomic E-state index is -0.158. The normalized spacial score (nSPS) is 16.2. The molecule has 1 heterocycles. The zero-order valence-electron chi connectivity index (χ0n) is 13.4. The summed E-state index contributed by atoms with van der Waals surface area (Å²) in [4.78, 5) is 4.78. The highest BCUT2D eigenvalue weighted by atomic mass is 16.5. The van der Waals surface area contributed by atoms with Crippen molar-refractivity contribution in [3.8, 4) is 11.1 Å². The lowest BCUT2D eigenvalue weighted by Gasteiger charge is -2.13. The number of nitrogens with zero attached hydrogens (tertiary/aromatic N) is 1. The molecule has 2 heteroatoms. The Morgan fingerprint density at radius 3 is 2.35 bits per heavy atom. The van der Waals surface area contributed by atoms with Gasteiger partial charge >= 0.3 is 0 Å². The molecule has 0 saturated carbocycles. The van der Waals surface area contributed by atoms with Crippen molar-refractivity contribution in [2.45, 2.75) is 19.4 Å². The van der Waals surface area contributed by atoms with Crippen LogP contribution in [0, 0.1) is 0 Å². The second-order valence-electron chi connectivity index (χ2n) is 6.59. The molecule has 0 radical (unpaired) electrons. The van der Waals surface area contributed by atoms with Crippen LogP contribution in [0.5, 0.6) is 0 Å². The third-order valence-electron chi connectivity index (χ3n) is 4.19. The van der Waals surface area contributed by atoms with Gasteiger partial charge in [-0.2, -0.15) is 0 Å². The van der Waals surface area contributed by atoms with Crippen molar-refractivity contribution in [1.29, 1.82) is 0 Å². The van der Waals surface area contributed by atoms with Gasteiger partial charge in [0, 0.05) is 11.1 Å². The molecule has 4 rings (SSSR count). The van der Waals surface area contributed by atoms with Gasteiger partial charge in [0.15, 0.2) is 0 Å². The first kappa shape index (κ1) is 14.0. The minimum absolute atomic E-state index is 0.158. The van der Waals surface area contributed by atoms with Crippen molar-refractivity contribution >= 4 is 16.7 Å². The van der Waals surface area contributed by atoms with Gasteiger partial charge in [-0.25, -0.2) is 4.99 Å². The first-order valence-corrected chi connectivity index (χ1v) is 7.94. The molecule has 0 aliphatic carbocycles. The molecule has 3 aromatic rings. The molecule has 0 bridgehead atoms. The highest BCUT2D eigenvalue weighted by molar-refractivity contribution is 6.10. The quantitative estimate of drug-likeness (QED) is 0.648. The molecule has 2 nitrogen and oxygen atoms in total. The largest absolute Gasteiger partial charge is 0.475 e. The van der Waals surface area contributed by atoms with E-state index >= 15 is 0 Å². The Morgan fingerprint density at radius 2 is 1.61 bits per heavy atom. The van der Waals surface area contributed by atoms with Gasteiger partial charge in [0.2, 0.25) is 5.90 Å². The van der Waals surface area contributed by atoms with E-state index in [1.165, 1.54) is 21.9 Å². The lowest BCUT2D eigenvalue weighted by Crippen LogP contribution is -2.17. The predicted octanol–water partition coefficient (Wildman–Crippen LogP) is 5.06. The predicted molar refractivity (Wildman–Crippen MR) is 96.0 cm³/mol. The van der Waals surface area contributed by atoms with E-state index in [0.717, 1.165) is 11.5 Å². The van der Waals surface area contributed by atoms with Crippen molar-refractivity contribution in [2.75, 3.05) is 6.61 Å². The van der Waals surface area contributed by atoms with Gasteiger partial charge in [-0.05, 0) is 36.2 Å². The van der Waals surface area contributed by atoms with Gasteiger partial charge < -0.3 is 4.74 Å². The summed E-state index contributed by atoms with van der Waals surface area (Å²) >= 11 is 0. The minimum Gasteiger partial charge on any atom is -0.475 e. The van der Waals surface area contributed by atoms with Crippen molar-refractivity contribution in [2.24, 2.45) is 4.99 Å². The van der Waals surface area contributed by atoms with Crippen LogP contribution in [0.4, 0.5) is 0 Å². The zero-order valence-corrected chi connectivity index (χ0v) is 13.4. The van der Waals surface area contributed by atoms with Crippen LogP contribution in [0.25, 0.3) is 21.9 Å². The van der Waals surface area contributed by atoms with E-state index in [-0.39, 0.29) is 5.54 Å². The Bertz CT molecular complexity index is 894. The fraction of sp³-hybridized carbons (Fsp3) is 0.190. The van der Waals surface area contributed by atoms with Gasteiger partial charge in [0.25, 0.3) is 0 Å². The molecule has 1 aliphatic rings. The Balaban J connectivity index is 2.02. The summed E-state index contributed by atoms with van der Waals surface area (Å²) in [5.74, 6) is 0.750. The summed E-state index contributed by atoms with van der Waals surface area (Å²) in [6.07, 6.45) is 0. The van der Waals surface area contributed by atoms with Crippen LogP contribution in [-0.4, -0.2) is 18.0 Å². The van der Waals surface area contributed by atoms with E-state index in [0.29, 0.717) is 6.61 Å². The van der Waals surface area contributed by atoms with Gasteiger partial charge in [0.05, 0.1) is 5.54 Å². The number of fused-ring (bicyclic) bond motifs is 1. The van der Waals surface area contributed by atoms with E-state index in [1.54, 1.807) is 0 Å². The van der Waals surface area contributed by atoms with Crippen LogP contribution in [0.1, 0.15) is 19.4 Å². The van der Waals surface area contributed by atoms with Crippen molar-refractivity contribution in [1.82, 2.24) is 0 Å². The van der Waals surface area contributed by atoms with E-state index in [9.17, 15) is 0 Å². The molecule has 23 heavy (non-hydrogen) atoms. The molecule has 0 unspecified atom stereocenters. The molecule has 0 amide bonds. The topological polar surface area (TPSA) is 21.6 Å². The molecule has 114 valence electrons. The highest BCUT2D eigenvalue weighted by Crippen LogP contribution is 2.34. The van der Waals surface area contributed by atoms with Gasteiger partial charge in [-0.15, -0.1) is 0 Å². The molecular weight excluding hydrogens is 282 g/mol. The number of aliphatic imine (C=N–C) groups is 1. The van der Waals surface area contributed by atoms with Crippen LogP contribution < -0.4 is 0 Å². The second kappa shape index (κ2) is 5.24. The van der Waals surface area contributed by atoms with E-state index < -0.39 is 0 Å². The summed E-state index contributed by atoms with van der Waals surface area (Å²) < 4.78 is 5.92. The summed E-state index contributed by atoms with van der Waals surface area (Å²) in [6.45, 7) is 4.83. The van der Waals surface area contributed by atoms with Crippen LogP contribution in [0.15, 0.2) is 71.7 Å². The Kier molecular flexibility index (Phi) is 3.19. The standard InChI is InChI=1S/C21H19NO/c1-21(2)14-23-20(22-21)18-13-12-15-8-6-7-11-17(15)19(18)16-9-4-3-5-10-16/h3-13H,14H2,1-2H3.